The van der Waals surface area contributed by atoms with E-state index in [0.717, 1.165) is 23.7 Å². The second-order valence-electron chi connectivity index (χ2n) is 4.85. The highest BCUT2D eigenvalue weighted by Crippen LogP contribution is 2.17. The standard InChI is InChI=1S/C15H19N3O3/c19-14(18-21)7-2-1-3-9-17-15(20)12-5-4-6-13-11(12)8-10-16-13/h4-6,8,10,16,21H,1-3,7,9H2,(H,17,20)(H,18,19). The average molecular weight is 289 g/mol. The van der Waals surface area contributed by atoms with E-state index in [2.05, 4.69) is 10.3 Å². The third kappa shape index (κ3) is 4.06. The van der Waals surface area contributed by atoms with Crippen LogP contribution in [0.1, 0.15) is 36.0 Å². The molecule has 4 N–H and O–H groups in total. The molecule has 2 rings (SSSR count). The summed E-state index contributed by atoms with van der Waals surface area (Å²) < 4.78 is 0. The Morgan fingerprint density at radius 1 is 1.14 bits per heavy atom. The minimum absolute atomic E-state index is 0.0895. The number of carbonyl (C=O) groups excluding carboxylic acids is 2. The summed E-state index contributed by atoms with van der Waals surface area (Å²) in [4.78, 5) is 26.0. The van der Waals surface area contributed by atoms with Crippen LogP contribution in [0.4, 0.5) is 0 Å². The number of unbranched alkanes of at least 4 members (excludes halogenated alkanes) is 2. The van der Waals surface area contributed by atoms with Crippen molar-refractivity contribution in [2.75, 3.05) is 6.54 Å². The van der Waals surface area contributed by atoms with E-state index in [9.17, 15) is 9.59 Å². The van der Waals surface area contributed by atoms with Gasteiger partial charge in [-0.25, -0.2) is 5.48 Å². The number of rotatable bonds is 7. The number of carbonyl (C=O) groups is 2. The van der Waals surface area contributed by atoms with Crippen LogP contribution in [0.5, 0.6) is 0 Å². The molecule has 0 unspecified atom stereocenters. The predicted molar refractivity (Wildman–Crippen MR) is 79.0 cm³/mol. The minimum Gasteiger partial charge on any atom is -0.361 e. The summed E-state index contributed by atoms with van der Waals surface area (Å²) >= 11 is 0. The summed E-state index contributed by atoms with van der Waals surface area (Å²) in [5.74, 6) is -0.466. The summed E-state index contributed by atoms with van der Waals surface area (Å²) in [5.41, 5.74) is 3.20. The topological polar surface area (TPSA) is 94.2 Å². The van der Waals surface area contributed by atoms with Crippen molar-refractivity contribution in [2.24, 2.45) is 0 Å². The lowest BCUT2D eigenvalue weighted by atomic mass is 10.1. The highest BCUT2D eigenvalue weighted by molar-refractivity contribution is 6.06. The van der Waals surface area contributed by atoms with Crippen LogP contribution in [0.2, 0.25) is 0 Å². The third-order valence-corrected chi connectivity index (χ3v) is 3.33. The number of benzene rings is 1. The normalized spacial score (nSPS) is 10.5. The lowest BCUT2D eigenvalue weighted by Crippen LogP contribution is -2.24. The van der Waals surface area contributed by atoms with Crippen LogP contribution in [-0.2, 0) is 4.79 Å². The zero-order chi connectivity index (χ0) is 15.1. The fourth-order valence-corrected chi connectivity index (χ4v) is 2.22. The van der Waals surface area contributed by atoms with Gasteiger partial charge >= 0.3 is 0 Å². The van der Waals surface area contributed by atoms with Crippen molar-refractivity contribution in [3.63, 3.8) is 0 Å². The molecule has 0 bridgehead atoms. The molecule has 0 aliphatic heterocycles. The summed E-state index contributed by atoms with van der Waals surface area (Å²) in [6.07, 6.45) is 4.42. The van der Waals surface area contributed by atoms with Crippen LogP contribution in [0.3, 0.4) is 0 Å². The van der Waals surface area contributed by atoms with Gasteiger partial charge in [0.1, 0.15) is 0 Å². The summed E-state index contributed by atoms with van der Waals surface area (Å²) in [7, 11) is 0. The molecule has 6 heteroatoms. The summed E-state index contributed by atoms with van der Waals surface area (Å²) in [6.45, 7) is 0.570. The highest BCUT2D eigenvalue weighted by atomic mass is 16.5. The molecule has 0 fully saturated rings. The van der Waals surface area contributed by atoms with Gasteiger partial charge in [-0.3, -0.25) is 14.8 Å². The monoisotopic (exact) mass is 289 g/mol. The number of fused-ring (bicyclic) bond motifs is 1. The van der Waals surface area contributed by atoms with Crippen LogP contribution < -0.4 is 10.8 Å². The first-order chi connectivity index (χ1) is 10.2. The number of hydrogen-bond donors (Lipinski definition) is 4. The van der Waals surface area contributed by atoms with Gasteiger partial charge in [-0.1, -0.05) is 12.5 Å². The van der Waals surface area contributed by atoms with Gasteiger partial charge in [-0.15, -0.1) is 0 Å². The van der Waals surface area contributed by atoms with E-state index >= 15 is 0 Å². The van der Waals surface area contributed by atoms with Gasteiger partial charge in [-0.2, -0.15) is 0 Å². The van der Waals surface area contributed by atoms with E-state index < -0.39 is 0 Å². The van der Waals surface area contributed by atoms with Crippen molar-refractivity contribution < 1.29 is 14.8 Å². The first kappa shape index (κ1) is 15.1. The molecule has 0 saturated heterocycles. The average Bonchev–Trinajstić information content (AvgIpc) is 2.98. The molecule has 0 atom stereocenters. The maximum atomic E-state index is 12.1. The molecule has 112 valence electrons. The number of amides is 2. The molecule has 0 spiro atoms. The predicted octanol–water partition coefficient (Wildman–Crippen LogP) is 1.96. The Hall–Kier alpha value is -2.34. The zero-order valence-electron chi connectivity index (χ0n) is 11.7. The molecule has 0 saturated carbocycles. The molecular formula is C15H19N3O3. The lowest BCUT2D eigenvalue weighted by Gasteiger charge is -2.06. The second kappa shape index (κ2) is 7.44. The second-order valence-corrected chi connectivity index (χ2v) is 4.85. The summed E-state index contributed by atoms with van der Waals surface area (Å²) in [5, 5.41) is 12.1. The van der Waals surface area contributed by atoms with Gasteiger partial charge in [0, 0.05) is 35.6 Å². The van der Waals surface area contributed by atoms with Crippen LogP contribution in [0.25, 0.3) is 10.9 Å². The molecule has 6 nitrogen and oxygen atoms in total. The molecule has 1 aromatic heterocycles. The SMILES string of the molecule is O=C(CCCCCNC(=O)c1cccc2[nH]ccc12)NO. The van der Waals surface area contributed by atoms with E-state index in [1.807, 2.05) is 24.4 Å². The fourth-order valence-electron chi connectivity index (χ4n) is 2.22. The molecule has 21 heavy (non-hydrogen) atoms. The van der Waals surface area contributed by atoms with Crippen molar-refractivity contribution in [3.05, 3.63) is 36.0 Å². The van der Waals surface area contributed by atoms with Gasteiger partial charge in [0.25, 0.3) is 5.91 Å². The fraction of sp³-hybridized carbons (Fsp3) is 0.333. The van der Waals surface area contributed by atoms with Gasteiger partial charge in [0.15, 0.2) is 0 Å². The molecule has 0 aliphatic carbocycles. The molecule has 2 amide bonds. The van der Waals surface area contributed by atoms with E-state index in [0.29, 0.717) is 24.9 Å². The molecule has 2 aromatic rings. The van der Waals surface area contributed by atoms with E-state index in [-0.39, 0.29) is 11.8 Å². The maximum absolute atomic E-state index is 12.1. The van der Waals surface area contributed by atoms with Crippen molar-refractivity contribution in [3.8, 4) is 0 Å². The first-order valence-corrected chi connectivity index (χ1v) is 6.99. The van der Waals surface area contributed by atoms with Crippen molar-refractivity contribution in [2.45, 2.75) is 25.7 Å². The van der Waals surface area contributed by atoms with Crippen LogP contribution >= 0.6 is 0 Å². The van der Waals surface area contributed by atoms with Gasteiger partial charge in [-0.05, 0) is 31.0 Å². The number of hydrogen-bond acceptors (Lipinski definition) is 3. The lowest BCUT2D eigenvalue weighted by molar-refractivity contribution is -0.129. The van der Waals surface area contributed by atoms with E-state index in [1.54, 1.807) is 11.5 Å². The Morgan fingerprint density at radius 2 is 2.00 bits per heavy atom. The molecule has 0 radical (unpaired) electrons. The first-order valence-electron chi connectivity index (χ1n) is 6.99. The van der Waals surface area contributed by atoms with Gasteiger partial charge in [0.05, 0.1) is 0 Å². The van der Waals surface area contributed by atoms with Crippen LogP contribution in [0.15, 0.2) is 30.5 Å². The van der Waals surface area contributed by atoms with Crippen LogP contribution in [-0.4, -0.2) is 28.6 Å². The Labute approximate surface area is 122 Å². The molecule has 1 aromatic carbocycles. The van der Waals surface area contributed by atoms with Crippen molar-refractivity contribution >= 4 is 22.7 Å². The minimum atomic E-state index is -0.377. The van der Waals surface area contributed by atoms with E-state index in [1.165, 1.54) is 0 Å². The Kier molecular flexibility index (Phi) is 5.34. The Balaban J connectivity index is 1.75. The number of hydroxylamine groups is 1. The maximum Gasteiger partial charge on any atom is 0.251 e. The Morgan fingerprint density at radius 3 is 2.81 bits per heavy atom. The smallest absolute Gasteiger partial charge is 0.251 e. The van der Waals surface area contributed by atoms with Gasteiger partial charge in [0.2, 0.25) is 5.91 Å². The molecule has 1 heterocycles. The van der Waals surface area contributed by atoms with Crippen LogP contribution in [0, 0.1) is 0 Å². The molecular weight excluding hydrogens is 270 g/mol. The van der Waals surface area contributed by atoms with Gasteiger partial charge < -0.3 is 10.3 Å². The Bertz CT molecular complexity index is 621. The number of H-pyrrole nitrogens is 1. The third-order valence-electron chi connectivity index (χ3n) is 3.33. The quantitative estimate of drug-likeness (QED) is 0.356. The number of nitrogens with one attached hydrogen (secondary N) is 3. The summed E-state index contributed by atoms with van der Waals surface area (Å²) in [6, 6.07) is 7.47. The van der Waals surface area contributed by atoms with E-state index in [4.69, 9.17) is 5.21 Å². The largest absolute Gasteiger partial charge is 0.361 e. The number of aromatic amines is 1. The number of aromatic nitrogens is 1. The highest BCUT2D eigenvalue weighted by Gasteiger charge is 2.09. The van der Waals surface area contributed by atoms with Crippen molar-refractivity contribution in [1.82, 2.24) is 15.8 Å². The zero-order valence-corrected chi connectivity index (χ0v) is 11.7. The molecule has 0 aliphatic rings. The van der Waals surface area contributed by atoms with Crippen molar-refractivity contribution in [1.29, 1.82) is 0 Å².